The van der Waals surface area contributed by atoms with Crippen LogP contribution in [0.25, 0.3) is 0 Å². The first-order valence-corrected chi connectivity index (χ1v) is 8.12. The van der Waals surface area contributed by atoms with Crippen molar-refractivity contribution in [3.8, 4) is 6.07 Å². The van der Waals surface area contributed by atoms with Crippen LogP contribution in [0.4, 0.5) is 0 Å². The van der Waals surface area contributed by atoms with E-state index < -0.39 is 11.5 Å². The average Bonchev–Trinajstić information content (AvgIpc) is 2.84. The van der Waals surface area contributed by atoms with Crippen LogP contribution in [-0.2, 0) is 0 Å². The highest BCUT2D eigenvalue weighted by atomic mass is 79.9. The normalized spacial score (nSPS) is 29.8. The van der Waals surface area contributed by atoms with Gasteiger partial charge in [-0.25, -0.2) is 0 Å². The largest absolute Gasteiger partial charge is 0.386 e. The fraction of sp³-hybridized carbons (Fsp3) is 0.643. The maximum Gasteiger partial charge on any atom is 0.108 e. The molecule has 1 aliphatic carbocycles. The summed E-state index contributed by atoms with van der Waals surface area (Å²) < 4.78 is 0.923. The van der Waals surface area contributed by atoms with Gasteiger partial charge in [-0.3, -0.25) is 0 Å². The Kier molecular flexibility index (Phi) is 4.47. The van der Waals surface area contributed by atoms with Gasteiger partial charge in [0.2, 0.25) is 0 Å². The topological polar surface area (TPSA) is 44.0 Å². The zero-order valence-electron chi connectivity index (χ0n) is 10.5. The van der Waals surface area contributed by atoms with Crippen molar-refractivity contribution in [2.75, 3.05) is 0 Å². The summed E-state index contributed by atoms with van der Waals surface area (Å²) >= 11 is 4.98. The first-order chi connectivity index (χ1) is 8.63. The summed E-state index contributed by atoms with van der Waals surface area (Å²) in [6.45, 7) is 2.20. The molecular formula is C14H18BrNOS. The minimum Gasteiger partial charge on any atom is -0.386 e. The molecule has 0 saturated heterocycles. The van der Waals surface area contributed by atoms with Gasteiger partial charge in [0.05, 0.1) is 11.5 Å². The third-order valence-corrected chi connectivity index (χ3v) is 6.14. The fourth-order valence-electron chi connectivity index (χ4n) is 2.80. The van der Waals surface area contributed by atoms with E-state index in [0.717, 1.165) is 41.0 Å². The highest BCUT2D eigenvalue weighted by Gasteiger charge is 2.43. The van der Waals surface area contributed by atoms with Gasteiger partial charge in [0.15, 0.2) is 0 Å². The van der Waals surface area contributed by atoms with Gasteiger partial charge < -0.3 is 5.11 Å². The average molecular weight is 328 g/mol. The molecule has 1 aromatic heterocycles. The van der Waals surface area contributed by atoms with Gasteiger partial charge in [-0.1, -0.05) is 13.3 Å². The summed E-state index contributed by atoms with van der Waals surface area (Å²) in [5, 5.41) is 22.1. The number of thiophene rings is 1. The number of halogens is 1. The van der Waals surface area contributed by atoms with Crippen molar-refractivity contribution < 1.29 is 5.11 Å². The molecule has 1 saturated carbocycles. The Labute approximate surface area is 121 Å². The van der Waals surface area contributed by atoms with Gasteiger partial charge in [0.1, 0.15) is 6.10 Å². The van der Waals surface area contributed by atoms with Crippen LogP contribution in [0.15, 0.2) is 15.9 Å². The van der Waals surface area contributed by atoms with Gasteiger partial charge in [0.25, 0.3) is 0 Å². The van der Waals surface area contributed by atoms with E-state index in [0.29, 0.717) is 0 Å². The summed E-state index contributed by atoms with van der Waals surface area (Å²) in [6.07, 6.45) is 4.27. The lowest BCUT2D eigenvalue weighted by molar-refractivity contribution is 0.0263. The molecule has 2 nitrogen and oxygen atoms in total. The van der Waals surface area contributed by atoms with Gasteiger partial charge in [-0.2, -0.15) is 5.26 Å². The van der Waals surface area contributed by atoms with E-state index in [2.05, 4.69) is 28.9 Å². The molecule has 1 aromatic rings. The lowest BCUT2D eigenvalue weighted by atomic mass is 9.67. The van der Waals surface area contributed by atoms with Crippen molar-refractivity contribution in [3.05, 3.63) is 20.8 Å². The second kappa shape index (κ2) is 5.73. The van der Waals surface area contributed by atoms with E-state index in [1.807, 2.05) is 11.4 Å². The van der Waals surface area contributed by atoms with E-state index >= 15 is 0 Å². The zero-order chi connectivity index (χ0) is 13.2. The first-order valence-electron chi connectivity index (χ1n) is 6.45. The molecule has 1 heterocycles. The Balaban J connectivity index is 2.19. The molecule has 1 aliphatic rings. The highest BCUT2D eigenvalue weighted by Crippen LogP contribution is 2.49. The number of rotatable bonds is 3. The molecule has 0 radical (unpaired) electrons. The second-order valence-corrected chi connectivity index (χ2v) is 6.96. The van der Waals surface area contributed by atoms with Crippen LogP contribution < -0.4 is 0 Å². The maximum atomic E-state index is 10.6. The predicted molar refractivity (Wildman–Crippen MR) is 77.3 cm³/mol. The second-order valence-electron chi connectivity index (χ2n) is 5.15. The standard InChI is InChI=1S/C14H18BrNOS/c1-2-10-3-6-14(9-16,7-4-10)13(17)12-11(15)5-8-18-12/h5,8,10,13,17H,2-4,6-7H2,1H3. The molecule has 0 aliphatic heterocycles. The number of hydrogen-bond donors (Lipinski definition) is 1. The minimum absolute atomic E-state index is 0.584. The van der Waals surface area contributed by atoms with Gasteiger partial charge in [0, 0.05) is 9.35 Å². The number of hydrogen-bond acceptors (Lipinski definition) is 3. The molecule has 0 aromatic carbocycles. The van der Waals surface area contributed by atoms with Crippen molar-refractivity contribution in [2.45, 2.75) is 45.1 Å². The Morgan fingerprint density at radius 2 is 2.28 bits per heavy atom. The number of aliphatic hydroxyl groups excluding tert-OH is 1. The Hall–Kier alpha value is -0.370. The first kappa shape index (κ1) is 14.0. The van der Waals surface area contributed by atoms with E-state index in [4.69, 9.17) is 0 Å². The summed E-state index contributed by atoms with van der Waals surface area (Å²) in [5.74, 6) is 0.727. The van der Waals surface area contributed by atoms with Gasteiger partial charge in [-0.05, 0) is 59.0 Å². The molecule has 1 N–H and O–H groups in total. The van der Waals surface area contributed by atoms with Crippen LogP contribution >= 0.6 is 27.3 Å². The molecule has 1 atom stereocenters. The summed E-state index contributed by atoms with van der Waals surface area (Å²) in [5.41, 5.74) is -0.584. The van der Waals surface area contributed by atoms with Gasteiger partial charge >= 0.3 is 0 Å². The lowest BCUT2D eigenvalue weighted by Crippen LogP contribution is -2.32. The molecule has 98 valence electrons. The zero-order valence-corrected chi connectivity index (χ0v) is 12.9. The van der Waals surface area contributed by atoms with E-state index in [9.17, 15) is 10.4 Å². The minimum atomic E-state index is -0.658. The number of nitrogens with zero attached hydrogens (tertiary/aromatic N) is 1. The highest BCUT2D eigenvalue weighted by molar-refractivity contribution is 9.10. The quantitative estimate of drug-likeness (QED) is 0.877. The maximum absolute atomic E-state index is 10.6. The molecule has 1 fully saturated rings. The summed E-state index contributed by atoms with van der Waals surface area (Å²) in [7, 11) is 0. The van der Waals surface area contributed by atoms with Crippen LogP contribution in [0.3, 0.4) is 0 Å². The van der Waals surface area contributed by atoms with E-state index in [-0.39, 0.29) is 0 Å². The molecule has 4 heteroatoms. The van der Waals surface area contributed by atoms with Crippen LogP contribution in [0.1, 0.15) is 50.0 Å². The van der Waals surface area contributed by atoms with E-state index in [1.54, 1.807) is 0 Å². The van der Waals surface area contributed by atoms with Crippen LogP contribution in [-0.4, -0.2) is 5.11 Å². The fourth-order valence-corrected chi connectivity index (χ4v) is 4.49. The third-order valence-electron chi connectivity index (χ3n) is 4.21. The smallest absolute Gasteiger partial charge is 0.108 e. The van der Waals surface area contributed by atoms with Crippen LogP contribution in [0.2, 0.25) is 0 Å². The molecule has 18 heavy (non-hydrogen) atoms. The molecule has 0 bridgehead atoms. The number of aliphatic hydroxyl groups is 1. The molecule has 2 rings (SSSR count). The monoisotopic (exact) mass is 327 g/mol. The van der Waals surface area contributed by atoms with Crippen molar-refractivity contribution in [1.29, 1.82) is 5.26 Å². The third kappa shape index (κ3) is 2.49. The summed E-state index contributed by atoms with van der Waals surface area (Å²) in [4.78, 5) is 0.895. The number of nitriles is 1. The lowest BCUT2D eigenvalue weighted by Gasteiger charge is -2.37. The molecular weight excluding hydrogens is 310 g/mol. The Morgan fingerprint density at radius 3 is 2.72 bits per heavy atom. The van der Waals surface area contributed by atoms with Crippen molar-refractivity contribution in [1.82, 2.24) is 0 Å². The van der Waals surface area contributed by atoms with Crippen molar-refractivity contribution >= 4 is 27.3 Å². The van der Waals surface area contributed by atoms with E-state index in [1.165, 1.54) is 17.8 Å². The SMILES string of the molecule is CCC1CCC(C#N)(C(O)c2sccc2Br)CC1. The predicted octanol–water partition coefficient (Wildman–Crippen LogP) is 4.65. The molecule has 1 unspecified atom stereocenters. The van der Waals surface area contributed by atoms with Crippen LogP contribution in [0, 0.1) is 22.7 Å². The van der Waals surface area contributed by atoms with Crippen LogP contribution in [0.5, 0.6) is 0 Å². The molecule has 0 spiro atoms. The summed E-state index contributed by atoms with van der Waals surface area (Å²) in [6, 6.07) is 4.35. The Morgan fingerprint density at radius 1 is 1.61 bits per heavy atom. The van der Waals surface area contributed by atoms with Crippen molar-refractivity contribution in [3.63, 3.8) is 0 Å². The Bertz CT molecular complexity index is 443. The van der Waals surface area contributed by atoms with Crippen molar-refractivity contribution in [2.24, 2.45) is 11.3 Å². The molecule has 0 amide bonds. The van der Waals surface area contributed by atoms with Gasteiger partial charge in [-0.15, -0.1) is 11.3 Å².